The lowest BCUT2D eigenvalue weighted by molar-refractivity contribution is -0.385. The third-order valence-electron chi connectivity index (χ3n) is 15.1. The fourth-order valence-corrected chi connectivity index (χ4v) is 15.9. The number of anilines is 5. The summed E-state index contributed by atoms with van der Waals surface area (Å²) < 4.78 is 269. The summed E-state index contributed by atoms with van der Waals surface area (Å²) in [5.74, 6) is -5.36. The van der Waals surface area contributed by atoms with Crippen LogP contribution < -0.4 is 20.7 Å². The number of nitro groups is 1. The minimum Gasteiger partial charge on any atom is -0.493 e. The molecule has 0 radical (unpaired) electrons. The van der Waals surface area contributed by atoms with E-state index in [1.165, 1.54) is 76.2 Å². The number of aryl methyl sites for hydroxylation is 3. The lowest BCUT2D eigenvalue weighted by atomic mass is 10.1. The molecular weight excluding hydrogens is 1750 g/mol. The number of fused-ring (bicyclic) bond motifs is 3. The molecule has 9 rings (SSSR count). The highest BCUT2D eigenvalue weighted by atomic mass is 32.2. The minimum atomic E-state index is -5.15. The van der Waals surface area contributed by atoms with Gasteiger partial charge in [0.1, 0.15) is 45.0 Å². The molecule has 0 atom stereocenters. The number of hydrogen-bond donors (Lipinski definition) is 11. The highest BCUT2D eigenvalue weighted by molar-refractivity contribution is 7.99. The van der Waals surface area contributed by atoms with Crippen LogP contribution in [0.15, 0.2) is 156 Å². The Morgan fingerprint density at radius 2 is 1.05 bits per heavy atom. The van der Waals surface area contributed by atoms with Gasteiger partial charge in [0.05, 0.1) is 78.1 Å². The molecular formula is C61H64N18O28S10. The predicted molar refractivity (Wildman–Crippen MR) is 421 cm³/mol. The Balaban J connectivity index is 0.00000369. The van der Waals surface area contributed by atoms with Gasteiger partial charge in [-0.2, -0.15) is 89.4 Å². The molecule has 0 saturated heterocycles. The van der Waals surface area contributed by atoms with Crippen molar-refractivity contribution < 1.29 is 118 Å². The number of rotatable bonds is 35. The van der Waals surface area contributed by atoms with Crippen molar-refractivity contribution in [1.82, 2.24) is 24.3 Å². The van der Waals surface area contributed by atoms with Crippen molar-refractivity contribution in [2.24, 2.45) is 40.9 Å². The zero-order chi connectivity index (χ0) is 85.8. The first kappa shape index (κ1) is 93.4. The minimum absolute atomic E-state index is 0. The molecule has 9 aromatic rings. The first-order valence-electron chi connectivity index (χ1n) is 32.0. The topological polar surface area (TPSA) is 719 Å². The number of hydrogen-bond acceptors (Lipinski definition) is 39. The average molecular weight is 1820 g/mol. The Bertz CT molecular complexity index is 6570. The molecule has 3 aromatic heterocycles. The van der Waals surface area contributed by atoms with Crippen molar-refractivity contribution in [3.8, 4) is 17.7 Å². The number of benzene rings is 6. The zero-order valence-corrected chi connectivity index (χ0v) is 67.6. The van der Waals surface area contributed by atoms with Gasteiger partial charge in [-0.15, -0.1) is 66.8 Å². The van der Waals surface area contributed by atoms with Gasteiger partial charge in [-0.3, -0.25) is 46.4 Å². The molecule has 56 heteroatoms. The molecule has 0 aliphatic rings. The third kappa shape index (κ3) is 27.2. The number of thioether (sulfide) groups is 2. The Hall–Kier alpha value is -10.7. The molecule has 0 aliphatic heterocycles. The quantitative estimate of drug-likeness (QED) is 0.00439. The molecule has 11 N–H and O–H groups in total. The first-order chi connectivity index (χ1) is 53.9. The van der Waals surface area contributed by atoms with Crippen molar-refractivity contribution >= 4 is 202 Å². The molecule has 0 bridgehead atoms. The maximum Gasteiger partial charge on any atom is 0.425 e. The van der Waals surface area contributed by atoms with Crippen LogP contribution in [-0.2, 0) is 81.4 Å². The molecule has 0 amide bonds. The predicted octanol–water partition coefficient (Wildman–Crippen LogP) is 11.6. The summed E-state index contributed by atoms with van der Waals surface area (Å²) in [6, 6.07) is 19.2. The molecule has 3 heterocycles. The molecule has 0 fully saturated rings. The maximum atomic E-state index is 12.4. The van der Waals surface area contributed by atoms with Crippen LogP contribution in [0.4, 0.5) is 80.4 Å². The second kappa shape index (κ2) is 38.6. The number of pyridine rings is 1. The first-order valence-corrected chi connectivity index (χ1v) is 45.7. The van der Waals surface area contributed by atoms with E-state index in [9.17, 15) is 111 Å². The summed E-state index contributed by atoms with van der Waals surface area (Å²) in [5.41, 5.74) is -1.81. The van der Waals surface area contributed by atoms with E-state index in [4.69, 9.17) is 17.4 Å². The lowest BCUT2D eigenvalue weighted by Crippen LogP contribution is -2.17. The summed E-state index contributed by atoms with van der Waals surface area (Å²) in [7, 11) is -36.0. The number of nitrogens with one attached hydrogen (secondary N) is 3. The second-order valence-corrected chi connectivity index (χ2v) is 37.0. The van der Waals surface area contributed by atoms with E-state index in [0.29, 0.717) is 6.07 Å². The van der Waals surface area contributed by atoms with Gasteiger partial charge in [-0.05, 0) is 142 Å². The zero-order valence-electron chi connectivity index (χ0n) is 59.5. The number of ether oxygens (including phenoxy) is 1. The number of nitrogens with zero attached hydrogens (tertiary/aromatic N) is 15. The Morgan fingerprint density at radius 1 is 0.547 bits per heavy atom. The van der Waals surface area contributed by atoms with E-state index < -0.39 is 172 Å². The fraction of sp³-hybridized carbons (Fsp3) is 0.262. The van der Waals surface area contributed by atoms with Crippen LogP contribution in [0.25, 0.3) is 16.7 Å². The number of nitriles is 1. The van der Waals surface area contributed by atoms with E-state index in [1.807, 2.05) is 6.07 Å². The molecule has 0 unspecified atom stereocenters. The highest BCUT2D eigenvalue weighted by Crippen LogP contribution is 2.46. The Morgan fingerprint density at radius 3 is 1.61 bits per heavy atom. The van der Waals surface area contributed by atoms with Crippen LogP contribution in [0, 0.1) is 49.1 Å². The Kier molecular flexibility index (Phi) is 30.8. The fourth-order valence-electron chi connectivity index (χ4n) is 10.0. The molecule has 626 valence electrons. The van der Waals surface area contributed by atoms with Crippen LogP contribution in [0.1, 0.15) is 54.5 Å². The van der Waals surface area contributed by atoms with Crippen molar-refractivity contribution in [2.45, 2.75) is 78.9 Å². The summed E-state index contributed by atoms with van der Waals surface area (Å²) in [5, 5.41) is 77.2. The molecule has 46 nitrogen and oxygen atoms in total. The van der Waals surface area contributed by atoms with Gasteiger partial charge in [0.15, 0.2) is 11.3 Å². The number of non-ortho nitro benzene ring substituents is 1. The standard InChI is InChI=1S/C60H60N18O25S9.CH4.O3S/c1-32-22-46(73-76-54-35(4)40(31-61)56-64-49-26-39(111(97,98)99)21-34(3)55(49)77(56)57(54)79)50(103-14-6-17-106(82,83)84)28-42(32)70-75-48-27-44(65-60-67-58(62-13-20-109(91,92)93)66-59(68-60)63-36-9-5-10-38(24-36)110(94,95)96)45(30-52(48)105-16-8-19-108(88,89)90)72-74-47-23-33(2)43(29-51(47)104-15-7-18-107(85,86)87)71-69-41-12-11-37(78(80)81)25-53(41)112(100,101)102;;1-4(2)3/h5,9-12,21-30,79H,6-8,13-20H2,1-4H3,(H,82,83,84)(H,85,86,87)(H,88,89,90)(H,91,92,93)(H,94,95,96)(H,97,98,99)(H,100,101,102)(H3,62,63,65,66,67,68);1H4;. The summed E-state index contributed by atoms with van der Waals surface area (Å²) in [6.07, 6.45) is -0.673. The second-order valence-electron chi connectivity index (χ2n) is 23.8. The van der Waals surface area contributed by atoms with Gasteiger partial charge in [0.2, 0.25) is 23.7 Å². The smallest absolute Gasteiger partial charge is 0.425 e. The number of aromatic hydroxyl groups is 1. The number of imidazole rings is 1. The van der Waals surface area contributed by atoms with E-state index in [2.05, 4.69) is 76.8 Å². The lowest BCUT2D eigenvalue weighted by Gasteiger charge is -2.15. The summed E-state index contributed by atoms with van der Waals surface area (Å²) in [6.45, 7) is 4.91. The largest absolute Gasteiger partial charge is 0.493 e. The van der Waals surface area contributed by atoms with Crippen molar-refractivity contribution in [2.75, 3.05) is 63.6 Å². The van der Waals surface area contributed by atoms with Crippen LogP contribution in [0.2, 0.25) is 0 Å². The molecule has 117 heavy (non-hydrogen) atoms. The van der Waals surface area contributed by atoms with Crippen LogP contribution in [0.3, 0.4) is 0 Å². The monoisotopic (exact) mass is 1820 g/mol. The number of aromatic nitrogens is 5. The van der Waals surface area contributed by atoms with Gasteiger partial charge >= 0.3 is 10.6 Å². The Labute approximate surface area is 675 Å². The average Bonchev–Trinajstić information content (AvgIpc) is 1.58. The van der Waals surface area contributed by atoms with Crippen molar-refractivity contribution in [3.63, 3.8) is 0 Å². The van der Waals surface area contributed by atoms with Gasteiger partial charge in [0.25, 0.3) is 76.5 Å². The van der Waals surface area contributed by atoms with E-state index >= 15 is 0 Å². The molecule has 0 aliphatic carbocycles. The van der Waals surface area contributed by atoms with E-state index in [0.717, 1.165) is 64.3 Å². The number of nitro benzene ring substituents is 1. The van der Waals surface area contributed by atoms with E-state index in [-0.39, 0.29) is 149 Å². The normalized spacial score (nSPS) is 12.5. The van der Waals surface area contributed by atoms with Crippen molar-refractivity contribution in [3.05, 3.63) is 129 Å². The summed E-state index contributed by atoms with van der Waals surface area (Å²) >= 11 is 1.87. The number of azo groups is 4. The molecule has 6 aromatic carbocycles. The van der Waals surface area contributed by atoms with Crippen LogP contribution in [0.5, 0.6) is 11.6 Å². The van der Waals surface area contributed by atoms with Crippen LogP contribution >= 0.6 is 23.5 Å². The van der Waals surface area contributed by atoms with Crippen LogP contribution in [-0.4, -0.2) is 185 Å². The van der Waals surface area contributed by atoms with Gasteiger partial charge in [-0.1, -0.05) is 13.5 Å². The van der Waals surface area contributed by atoms with Gasteiger partial charge in [-0.25, -0.2) is 4.98 Å². The maximum absolute atomic E-state index is 12.4. The molecule has 0 spiro atoms. The molecule has 0 saturated carbocycles. The SMILES string of the molecule is C.Cc1cc(N=Nc2c(C)c(C#N)c3nc4cc(S(=O)(=O)O)cc(C)c4n3c2O)c(OCCCS(=O)(=O)O)cc1N=Nc1cc(Nc2nc(NCCS(=O)(=O)O)nc(Nc3cccc(S(=O)(=O)O)c3)n2)c(N=Nc2cc(C)c(N=Nc3ccc([N+](=O)[O-])cc3S(=O)(=O)O)cc2SCCCS(=O)(=O)O)cc1SCCCS(=O)(=O)O.O=S(=O)=O. The summed E-state index contributed by atoms with van der Waals surface area (Å²) in [4.78, 5) is 26.2. The van der Waals surface area contributed by atoms with Gasteiger partial charge in [0, 0.05) is 45.8 Å². The highest BCUT2D eigenvalue weighted by Gasteiger charge is 2.27. The van der Waals surface area contributed by atoms with E-state index in [1.54, 1.807) is 0 Å². The van der Waals surface area contributed by atoms with Gasteiger partial charge < -0.3 is 25.8 Å². The van der Waals surface area contributed by atoms with Crippen molar-refractivity contribution in [1.29, 1.82) is 5.26 Å². The third-order valence-corrected chi connectivity index (χ3v) is 23.1.